The fourth-order valence-corrected chi connectivity index (χ4v) is 3.67. The number of carbonyl (C=O) groups is 1. The molecule has 1 saturated heterocycles. The van der Waals surface area contributed by atoms with Gasteiger partial charge >= 0.3 is 0 Å². The van der Waals surface area contributed by atoms with Crippen molar-refractivity contribution in [1.82, 2.24) is 24.6 Å². The number of hydrogen-bond donors (Lipinski definition) is 2. The van der Waals surface area contributed by atoms with E-state index in [1.165, 1.54) is 0 Å². The maximum Gasteiger partial charge on any atom is 0.251 e. The summed E-state index contributed by atoms with van der Waals surface area (Å²) in [6.45, 7) is 4.81. The summed E-state index contributed by atoms with van der Waals surface area (Å²) in [4.78, 5) is 19.3. The van der Waals surface area contributed by atoms with Gasteiger partial charge in [0.2, 0.25) is 5.95 Å². The van der Waals surface area contributed by atoms with Gasteiger partial charge in [-0.1, -0.05) is 6.92 Å². The molecule has 3 aromatic rings. The van der Waals surface area contributed by atoms with E-state index in [-0.39, 0.29) is 12.0 Å². The van der Waals surface area contributed by atoms with Crippen LogP contribution in [0.25, 0.3) is 11.0 Å². The van der Waals surface area contributed by atoms with Crippen LogP contribution in [0, 0.1) is 0 Å². The molecule has 28 heavy (non-hydrogen) atoms. The van der Waals surface area contributed by atoms with Crippen molar-refractivity contribution in [2.75, 3.05) is 18.0 Å². The molecule has 8 heteroatoms. The summed E-state index contributed by atoms with van der Waals surface area (Å²) in [6.07, 6.45) is 5.22. The number of rotatable bonds is 6. The molecule has 1 amide bonds. The second kappa shape index (κ2) is 7.63. The number of aliphatic hydroxyl groups excluding tert-OH is 1. The average Bonchev–Trinajstić information content (AvgIpc) is 3.39. The van der Waals surface area contributed by atoms with E-state index in [0.717, 1.165) is 48.5 Å². The Morgan fingerprint density at radius 3 is 3.00 bits per heavy atom. The predicted octanol–water partition coefficient (Wildman–Crippen LogP) is 1.68. The molecule has 0 aliphatic carbocycles. The Morgan fingerprint density at radius 2 is 2.25 bits per heavy atom. The number of anilines is 1. The maximum absolute atomic E-state index is 12.6. The highest BCUT2D eigenvalue weighted by molar-refractivity contribution is 5.97. The number of nitrogens with one attached hydrogen (secondary N) is 1. The lowest BCUT2D eigenvalue weighted by atomic mass is 10.2. The fourth-order valence-electron chi connectivity index (χ4n) is 3.67. The SMILES string of the molecule is CCCn1cc(CNC(=O)c2ccc3c(c2)nc(N2CC[C@H](O)C2)n3C)cn1. The molecule has 1 aliphatic heterocycles. The van der Waals surface area contributed by atoms with E-state index in [1.54, 1.807) is 6.20 Å². The average molecular weight is 382 g/mol. The molecule has 8 nitrogen and oxygen atoms in total. The number of aromatic nitrogens is 4. The summed E-state index contributed by atoms with van der Waals surface area (Å²) in [7, 11) is 1.96. The number of nitrogens with zero attached hydrogens (tertiary/aromatic N) is 5. The first-order chi connectivity index (χ1) is 13.5. The number of aliphatic hydroxyl groups is 1. The van der Waals surface area contributed by atoms with E-state index in [1.807, 2.05) is 40.7 Å². The van der Waals surface area contributed by atoms with Crippen molar-refractivity contribution in [3.05, 3.63) is 41.7 Å². The first-order valence-corrected chi connectivity index (χ1v) is 9.74. The van der Waals surface area contributed by atoms with Gasteiger partial charge in [-0.3, -0.25) is 9.48 Å². The first kappa shape index (κ1) is 18.5. The quantitative estimate of drug-likeness (QED) is 0.677. The van der Waals surface area contributed by atoms with Gasteiger partial charge in [-0.05, 0) is 31.0 Å². The van der Waals surface area contributed by atoms with Gasteiger partial charge in [0.1, 0.15) is 0 Å². The minimum atomic E-state index is -0.303. The second-order valence-electron chi connectivity index (χ2n) is 7.36. The highest BCUT2D eigenvalue weighted by Gasteiger charge is 2.24. The summed E-state index contributed by atoms with van der Waals surface area (Å²) >= 11 is 0. The van der Waals surface area contributed by atoms with Gasteiger partial charge in [0.15, 0.2) is 0 Å². The van der Waals surface area contributed by atoms with Crippen LogP contribution >= 0.6 is 0 Å². The molecule has 2 aromatic heterocycles. The first-order valence-electron chi connectivity index (χ1n) is 9.74. The Balaban J connectivity index is 1.48. The monoisotopic (exact) mass is 382 g/mol. The van der Waals surface area contributed by atoms with E-state index < -0.39 is 0 Å². The molecule has 0 unspecified atom stereocenters. The summed E-state index contributed by atoms with van der Waals surface area (Å²) in [5.74, 6) is 0.696. The van der Waals surface area contributed by atoms with Gasteiger partial charge in [0, 0.05) is 50.6 Å². The van der Waals surface area contributed by atoms with Crippen molar-refractivity contribution < 1.29 is 9.90 Å². The topological polar surface area (TPSA) is 88.2 Å². The third-order valence-corrected chi connectivity index (χ3v) is 5.16. The van der Waals surface area contributed by atoms with E-state index in [2.05, 4.69) is 22.2 Å². The molecule has 3 heterocycles. The van der Waals surface area contributed by atoms with Gasteiger partial charge in [-0.2, -0.15) is 5.10 Å². The van der Waals surface area contributed by atoms with E-state index >= 15 is 0 Å². The molecule has 1 fully saturated rings. The van der Waals surface area contributed by atoms with Crippen LogP contribution in [0.15, 0.2) is 30.6 Å². The Labute approximate surface area is 163 Å². The number of benzene rings is 1. The lowest BCUT2D eigenvalue weighted by molar-refractivity contribution is 0.0951. The van der Waals surface area contributed by atoms with Gasteiger partial charge in [0.05, 0.1) is 23.3 Å². The smallest absolute Gasteiger partial charge is 0.251 e. The number of hydrogen-bond acceptors (Lipinski definition) is 5. The van der Waals surface area contributed by atoms with E-state index in [0.29, 0.717) is 18.7 Å². The summed E-state index contributed by atoms with van der Waals surface area (Å²) < 4.78 is 3.90. The number of β-amino-alcohol motifs (C(OH)–C–C–N with tert-alkyl or cyclic N) is 1. The van der Waals surface area contributed by atoms with Gasteiger partial charge in [0.25, 0.3) is 5.91 Å². The zero-order valence-corrected chi connectivity index (χ0v) is 16.3. The number of fused-ring (bicyclic) bond motifs is 1. The normalized spacial score (nSPS) is 16.8. The highest BCUT2D eigenvalue weighted by Crippen LogP contribution is 2.25. The second-order valence-corrected chi connectivity index (χ2v) is 7.36. The molecule has 1 aromatic carbocycles. The fraction of sp³-hybridized carbons (Fsp3) is 0.450. The Morgan fingerprint density at radius 1 is 1.39 bits per heavy atom. The molecular weight excluding hydrogens is 356 g/mol. The molecule has 1 aliphatic rings. The Bertz CT molecular complexity index is 992. The zero-order valence-electron chi connectivity index (χ0n) is 16.3. The largest absolute Gasteiger partial charge is 0.391 e. The van der Waals surface area contributed by atoms with Crippen molar-refractivity contribution >= 4 is 22.9 Å². The lowest BCUT2D eigenvalue weighted by Gasteiger charge is -2.16. The Hall–Kier alpha value is -2.87. The lowest BCUT2D eigenvalue weighted by Crippen LogP contribution is -2.24. The van der Waals surface area contributed by atoms with Crippen LogP contribution in [0.5, 0.6) is 0 Å². The molecule has 2 N–H and O–H groups in total. The van der Waals surface area contributed by atoms with Crippen LogP contribution in [0.2, 0.25) is 0 Å². The van der Waals surface area contributed by atoms with Crippen LogP contribution in [-0.4, -0.2) is 49.5 Å². The predicted molar refractivity (Wildman–Crippen MR) is 107 cm³/mol. The molecule has 0 radical (unpaired) electrons. The molecule has 0 bridgehead atoms. The summed E-state index contributed by atoms with van der Waals surface area (Å²) in [6, 6.07) is 5.57. The van der Waals surface area contributed by atoms with E-state index in [4.69, 9.17) is 4.98 Å². The third kappa shape index (κ3) is 3.60. The Kier molecular flexibility index (Phi) is 5.04. The van der Waals surface area contributed by atoms with Crippen LogP contribution in [-0.2, 0) is 20.1 Å². The van der Waals surface area contributed by atoms with Crippen LogP contribution in [0.3, 0.4) is 0 Å². The van der Waals surface area contributed by atoms with Crippen LogP contribution in [0.1, 0.15) is 35.7 Å². The minimum absolute atomic E-state index is 0.131. The number of aryl methyl sites for hydroxylation is 2. The summed E-state index contributed by atoms with van der Waals surface area (Å²) in [5, 5.41) is 17.0. The van der Waals surface area contributed by atoms with E-state index in [9.17, 15) is 9.90 Å². The van der Waals surface area contributed by atoms with Crippen molar-refractivity contribution in [2.45, 2.75) is 39.0 Å². The van der Waals surface area contributed by atoms with Crippen LogP contribution < -0.4 is 10.2 Å². The van der Waals surface area contributed by atoms with Gasteiger partial charge < -0.3 is 19.9 Å². The maximum atomic E-state index is 12.6. The van der Waals surface area contributed by atoms with Crippen molar-refractivity contribution in [1.29, 1.82) is 0 Å². The molecule has 0 spiro atoms. The number of imidazole rings is 1. The zero-order chi connectivity index (χ0) is 19.7. The third-order valence-electron chi connectivity index (χ3n) is 5.16. The molecule has 0 saturated carbocycles. The van der Waals surface area contributed by atoms with Crippen molar-refractivity contribution in [3.8, 4) is 0 Å². The number of amides is 1. The highest BCUT2D eigenvalue weighted by atomic mass is 16.3. The van der Waals surface area contributed by atoms with Crippen LogP contribution in [0.4, 0.5) is 5.95 Å². The van der Waals surface area contributed by atoms with Gasteiger partial charge in [-0.25, -0.2) is 4.98 Å². The molecular formula is C20H26N6O2. The molecule has 148 valence electrons. The minimum Gasteiger partial charge on any atom is -0.391 e. The molecule has 1 atom stereocenters. The summed E-state index contributed by atoms with van der Waals surface area (Å²) in [5.41, 5.74) is 3.31. The van der Waals surface area contributed by atoms with Crippen molar-refractivity contribution in [2.24, 2.45) is 7.05 Å². The molecule has 4 rings (SSSR count). The standard InChI is InChI=1S/C20H26N6O2/c1-3-7-26-12-14(11-22-26)10-21-19(28)15-4-5-18-17(9-15)23-20(24(18)2)25-8-6-16(27)13-25/h4-5,9,11-12,16,27H,3,6-8,10,13H2,1-2H3,(H,21,28)/t16-/m0/s1. The van der Waals surface area contributed by atoms with Crippen molar-refractivity contribution in [3.63, 3.8) is 0 Å². The number of carbonyl (C=O) groups excluding carboxylic acids is 1. The van der Waals surface area contributed by atoms with Gasteiger partial charge in [-0.15, -0.1) is 0 Å².